The fourth-order valence-electron chi connectivity index (χ4n) is 8.66. The zero-order valence-corrected chi connectivity index (χ0v) is 17.0. The highest BCUT2D eigenvalue weighted by molar-refractivity contribution is 5.80. The molecule has 4 saturated carbocycles. The Morgan fingerprint density at radius 1 is 0.960 bits per heavy atom. The van der Waals surface area contributed by atoms with Gasteiger partial charge >= 0.3 is 0 Å². The van der Waals surface area contributed by atoms with Crippen molar-refractivity contribution in [3.63, 3.8) is 0 Å². The fraction of sp³-hybridized carbons (Fsp3) is 0.957. The number of carbonyl (C=O) groups excluding carboxylic acids is 1. The van der Waals surface area contributed by atoms with Gasteiger partial charge in [0.15, 0.2) is 0 Å². The molecule has 0 aromatic rings. The Morgan fingerprint density at radius 3 is 2.36 bits per heavy atom. The van der Waals surface area contributed by atoms with Gasteiger partial charge < -0.3 is 5.11 Å². The van der Waals surface area contributed by atoms with Gasteiger partial charge in [-0.25, -0.2) is 0 Å². The Bertz CT molecular complexity index is 566. The number of aliphatic hydroxyl groups is 1. The van der Waals surface area contributed by atoms with E-state index < -0.39 is 5.60 Å². The standard InChI is InChI=1S/C23H38O2/c1-14-12-19-17-7-6-16-13-21(3,25)10-11-22(16,4)18(17)8-9-23(19,5)20(14)15(2)24/h14,16-20,25H,6-13H2,1-5H3/t14-,16+,17-,18+,19+,20?,21-,22+,23+/m1/s1. The van der Waals surface area contributed by atoms with Crippen molar-refractivity contribution in [2.75, 3.05) is 0 Å². The molecule has 0 spiro atoms. The minimum atomic E-state index is -0.443. The molecular weight excluding hydrogens is 308 g/mol. The number of Topliss-reactive ketones (excluding diaryl/α,β-unsaturated/α-hetero) is 1. The van der Waals surface area contributed by atoms with Gasteiger partial charge in [-0.3, -0.25) is 4.79 Å². The van der Waals surface area contributed by atoms with E-state index in [9.17, 15) is 9.90 Å². The molecule has 142 valence electrons. The van der Waals surface area contributed by atoms with Crippen LogP contribution in [0.1, 0.15) is 86.0 Å². The van der Waals surface area contributed by atoms with Gasteiger partial charge in [-0.2, -0.15) is 0 Å². The average Bonchev–Trinajstić information content (AvgIpc) is 2.78. The predicted molar refractivity (Wildman–Crippen MR) is 101 cm³/mol. The topological polar surface area (TPSA) is 37.3 Å². The minimum Gasteiger partial charge on any atom is -0.390 e. The minimum absolute atomic E-state index is 0.246. The summed E-state index contributed by atoms with van der Waals surface area (Å²) in [6.07, 6.45) is 9.60. The van der Waals surface area contributed by atoms with E-state index in [1.54, 1.807) is 0 Å². The molecule has 2 heteroatoms. The van der Waals surface area contributed by atoms with Crippen LogP contribution in [0.15, 0.2) is 0 Å². The summed E-state index contributed by atoms with van der Waals surface area (Å²) in [6, 6.07) is 0. The summed E-state index contributed by atoms with van der Waals surface area (Å²) in [5, 5.41) is 10.6. The summed E-state index contributed by atoms with van der Waals surface area (Å²) in [4.78, 5) is 12.4. The van der Waals surface area contributed by atoms with Crippen LogP contribution in [0.4, 0.5) is 0 Å². The van der Waals surface area contributed by atoms with E-state index in [4.69, 9.17) is 0 Å². The fourth-order valence-corrected chi connectivity index (χ4v) is 8.66. The molecule has 4 fully saturated rings. The molecule has 4 aliphatic rings. The Balaban J connectivity index is 1.63. The average molecular weight is 347 g/mol. The number of carbonyl (C=O) groups is 1. The van der Waals surface area contributed by atoms with E-state index >= 15 is 0 Å². The Kier molecular flexibility index (Phi) is 4.01. The first-order valence-electron chi connectivity index (χ1n) is 10.8. The Hall–Kier alpha value is -0.370. The van der Waals surface area contributed by atoms with Crippen LogP contribution in [-0.4, -0.2) is 16.5 Å². The van der Waals surface area contributed by atoms with Gasteiger partial charge in [0.2, 0.25) is 0 Å². The molecule has 4 aliphatic carbocycles. The highest BCUT2D eigenvalue weighted by atomic mass is 16.3. The Labute approximate surface area is 154 Å². The van der Waals surface area contributed by atoms with E-state index in [1.165, 1.54) is 38.5 Å². The van der Waals surface area contributed by atoms with Gasteiger partial charge in [0, 0.05) is 5.92 Å². The van der Waals surface area contributed by atoms with Gasteiger partial charge in [0.25, 0.3) is 0 Å². The summed E-state index contributed by atoms with van der Waals surface area (Å²) in [5.41, 5.74) is 0.224. The molecule has 0 heterocycles. The Morgan fingerprint density at radius 2 is 1.68 bits per heavy atom. The molecule has 0 radical (unpaired) electrons. The van der Waals surface area contributed by atoms with E-state index in [0.717, 1.165) is 30.6 Å². The second-order valence-electron chi connectivity index (χ2n) is 11.2. The zero-order chi connectivity index (χ0) is 18.2. The van der Waals surface area contributed by atoms with Crippen molar-refractivity contribution < 1.29 is 9.90 Å². The lowest BCUT2D eigenvalue weighted by Gasteiger charge is -2.61. The summed E-state index contributed by atoms with van der Waals surface area (Å²) in [6.45, 7) is 11.2. The summed E-state index contributed by atoms with van der Waals surface area (Å²) in [7, 11) is 0. The van der Waals surface area contributed by atoms with Gasteiger partial charge in [0.05, 0.1) is 5.60 Å². The quantitative estimate of drug-likeness (QED) is 0.706. The molecule has 0 amide bonds. The van der Waals surface area contributed by atoms with E-state index in [-0.39, 0.29) is 11.3 Å². The summed E-state index contributed by atoms with van der Waals surface area (Å²) >= 11 is 0. The highest BCUT2D eigenvalue weighted by Crippen LogP contribution is 2.68. The first-order valence-corrected chi connectivity index (χ1v) is 10.8. The van der Waals surface area contributed by atoms with Crippen LogP contribution in [0.2, 0.25) is 0 Å². The molecule has 2 nitrogen and oxygen atoms in total. The van der Waals surface area contributed by atoms with Gasteiger partial charge in [-0.15, -0.1) is 0 Å². The van der Waals surface area contributed by atoms with Crippen molar-refractivity contribution in [1.29, 1.82) is 0 Å². The normalized spacial score (nSPS) is 58.2. The molecule has 0 aromatic heterocycles. The third-order valence-electron chi connectivity index (χ3n) is 9.73. The summed E-state index contributed by atoms with van der Waals surface area (Å²) in [5.74, 6) is 4.36. The van der Waals surface area contributed by atoms with Crippen LogP contribution in [0.3, 0.4) is 0 Å². The molecular formula is C23H38O2. The lowest BCUT2D eigenvalue weighted by atomic mass is 9.44. The maximum atomic E-state index is 12.4. The maximum Gasteiger partial charge on any atom is 0.133 e. The van der Waals surface area contributed by atoms with E-state index in [0.29, 0.717) is 23.0 Å². The smallest absolute Gasteiger partial charge is 0.133 e. The van der Waals surface area contributed by atoms with E-state index in [1.807, 2.05) is 13.8 Å². The predicted octanol–water partition coefficient (Wildman–Crippen LogP) is 5.23. The first-order chi connectivity index (χ1) is 11.6. The number of fused-ring (bicyclic) bond motifs is 5. The molecule has 0 aliphatic heterocycles. The largest absolute Gasteiger partial charge is 0.390 e. The molecule has 9 atom stereocenters. The van der Waals surface area contributed by atoms with Crippen molar-refractivity contribution in [3.8, 4) is 0 Å². The van der Waals surface area contributed by atoms with Crippen LogP contribution in [0.5, 0.6) is 0 Å². The maximum absolute atomic E-state index is 12.4. The van der Waals surface area contributed by atoms with Crippen LogP contribution in [0.25, 0.3) is 0 Å². The van der Waals surface area contributed by atoms with Crippen LogP contribution in [0, 0.1) is 46.3 Å². The molecule has 25 heavy (non-hydrogen) atoms. The molecule has 0 bridgehead atoms. The van der Waals surface area contributed by atoms with Crippen LogP contribution >= 0.6 is 0 Å². The first kappa shape index (κ1) is 18.0. The van der Waals surface area contributed by atoms with Gasteiger partial charge in [-0.05, 0) is 106 Å². The molecule has 0 aromatic carbocycles. The molecule has 4 rings (SSSR count). The highest BCUT2D eigenvalue weighted by Gasteiger charge is 2.62. The molecule has 1 N–H and O–H groups in total. The summed E-state index contributed by atoms with van der Waals surface area (Å²) < 4.78 is 0. The molecule has 1 unspecified atom stereocenters. The number of hydrogen-bond donors (Lipinski definition) is 1. The van der Waals surface area contributed by atoms with Crippen molar-refractivity contribution in [3.05, 3.63) is 0 Å². The van der Waals surface area contributed by atoms with E-state index in [2.05, 4.69) is 20.8 Å². The second-order valence-corrected chi connectivity index (χ2v) is 11.2. The van der Waals surface area contributed by atoms with Crippen molar-refractivity contribution in [2.24, 2.45) is 46.3 Å². The van der Waals surface area contributed by atoms with Crippen LogP contribution in [-0.2, 0) is 4.79 Å². The van der Waals surface area contributed by atoms with Crippen molar-refractivity contribution >= 4 is 5.78 Å². The lowest BCUT2D eigenvalue weighted by molar-refractivity contribution is -0.150. The molecule has 0 saturated heterocycles. The van der Waals surface area contributed by atoms with Crippen LogP contribution < -0.4 is 0 Å². The second kappa shape index (κ2) is 5.57. The number of hydrogen-bond acceptors (Lipinski definition) is 2. The number of rotatable bonds is 1. The number of ketones is 1. The third-order valence-corrected chi connectivity index (χ3v) is 9.73. The third kappa shape index (κ3) is 2.49. The SMILES string of the molecule is CC(=O)C1[C@H](C)C[C@H]2[C@@H]3CC[C@H]4C[C@](C)(O)CC[C@]4(C)[C@H]3CC[C@]12C. The van der Waals surface area contributed by atoms with Crippen molar-refractivity contribution in [1.82, 2.24) is 0 Å². The van der Waals surface area contributed by atoms with Gasteiger partial charge in [0.1, 0.15) is 5.78 Å². The van der Waals surface area contributed by atoms with Gasteiger partial charge in [-0.1, -0.05) is 20.8 Å². The lowest BCUT2D eigenvalue weighted by Crippen LogP contribution is -2.55. The monoisotopic (exact) mass is 346 g/mol. The zero-order valence-electron chi connectivity index (χ0n) is 17.0. The van der Waals surface area contributed by atoms with Crippen molar-refractivity contribution in [2.45, 2.75) is 91.6 Å².